The summed E-state index contributed by atoms with van der Waals surface area (Å²) in [5.41, 5.74) is 1.13. The molecule has 2 heterocycles. The molecule has 0 saturated heterocycles. The molecule has 0 saturated carbocycles. The summed E-state index contributed by atoms with van der Waals surface area (Å²) in [6.45, 7) is 3.60. The van der Waals surface area contributed by atoms with Gasteiger partial charge in [0.25, 0.3) is 0 Å². The Morgan fingerprint density at radius 3 is 2.85 bits per heavy atom. The van der Waals surface area contributed by atoms with Crippen molar-refractivity contribution in [3.63, 3.8) is 0 Å². The van der Waals surface area contributed by atoms with Crippen LogP contribution in [-0.4, -0.2) is 10.8 Å². The van der Waals surface area contributed by atoms with Crippen molar-refractivity contribution in [3.05, 3.63) is 28.9 Å². The monoisotopic (exact) mass is 191 g/mol. The van der Waals surface area contributed by atoms with Gasteiger partial charge in [-0.05, 0) is 30.9 Å². The van der Waals surface area contributed by atoms with Crippen LogP contribution in [0, 0.1) is 6.92 Å². The van der Waals surface area contributed by atoms with E-state index in [1.165, 1.54) is 11.3 Å². The second kappa shape index (κ2) is 2.92. The maximum atomic E-state index is 11.1. The van der Waals surface area contributed by atoms with Crippen molar-refractivity contribution in [1.82, 2.24) is 4.98 Å². The summed E-state index contributed by atoms with van der Waals surface area (Å²) in [6, 6.07) is 1.94. The molecule has 0 atom stereocenters. The number of aryl methyl sites for hydroxylation is 1. The molecule has 0 aliphatic rings. The topological polar surface area (TPSA) is 30.0 Å². The van der Waals surface area contributed by atoms with Crippen molar-refractivity contribution in [3.8, 4) is 0 Å². The molecule has 13 heavy (non-hydrogen) atoms. The average Bonchev–Trinajstić information content (AvgIpc) is 2.49. The lowest BCUT2D eigenvalue weighted by Gasteiger charge is -1.90. The van der Waals surface area contributed by atoms with Crippen molar-refractivity contribution >= 4 is 27.2 Å². The standard InChI is InChI=1S/C10H9NOS/c1-6-4-11-5-10-8(6)3-9(13-10)7(2)12/h3-5H,1-2H3. The van der Waals surface area contributed by atoms with E-state index in [1.54, 1.807) is 13.1 Å². The van der Waals surface area contributed by atoms with Crippen LogP contribution in [0.4, 0.5) is 0 Å². The maximum absolute atomic E-state index is 11.1. The molecule has 0 radical (unpaired) electrons. The zero-order valence-electron chi connectivity index (χ0n) is 7.50. The number of rotatable bonds is 1. The number of carbonyl (C=O) groups excluding carboxylic acids is 1. The Hall–Kier alpha value is -1.22. The van der Waals surface area contributed by atoms with Gasteiger partial charge in [0.05, 0.1) is 9.58 Å². The molecule has 2 aromatic rings. The second-order valence-corrected chi connectivity index (χ2v) is 4.12. The molecule has 2 nitrogen and oxygen atoms in total. The molecule has 0 spiro atoms. The lowest BCUT2D eigenvalue weighted by Crippen LogP contribution is -1.83. The maximum Gasteiger partial charge on any atom is 0.169 e. The molecule has 0 amide bonds. The van der Waals surface area contributed by atoms with Crippen molar-refractivity contribution in [2.24, 2.45) is 0 Å². The van der Waals surface area contributed by atoms with Gasteiger partial charge in [-0.25, -0.2) is 0 Å². The van der Waals surface area contributed by atoms with E-state index >= 15 is 0 Å². The van der Waals surface area contributed by atoms with Crippen molar-refractivity contribution < 1.29 is 4.79 Å². The fraction of sp³-hybridized carbons (Fsp3) is 0.200. The smallest absolute Gasteiger partial charge is 0.169 e. The summed E-state index contributed by atoms with van der Waals surface area (Å²) in [5, 5.41) is 1.14. The van der Waals surface area contributed by atoms with E-state index in [2.05, 4.69) is 4.98 Å². The van der Waals surface area contributed by atoms with Gasteiger partial charge >= 0.3 is 0 Å². The number of nitrogens with zero attached hydrogens (tertiary/aromatic N) is 1. The molecule has 2 aromatic heterocycles. The van der Waals surface area contributed by atoms with Gasteiger partial charge in [-0.1, -0.05) is 0 Å². The normalized spacial score (nSPS) is 10.6. The second-order valence-electron chi connectivity index (χ2n) is 3.04. The van der Waals surface area contributed by atoms with Crippen LogP contribution in [0.25, 0.3) is 10.1 Å². The number of ketones is 1. The Morgan fingerprint density at radius 1 is 1.46 bits per heavy atom. The van der Waals surface area contributed by atoms with Crippen LogP contribution in [-0.2, 0) is 0 Å². The Balaban J connectivity index is 2.75. The first-order valence-corrected chi connectivity index (χ1v) is 4.85. The number of hydrogen-bond donors (Lipinski definition) is 0. The Bertz CT molecular complexity index is 473. The molecule has 0 bridgehead atoms. The molecule has 0 N–H and O–H groups in total. The van der Waals surface area contributed by atoms with E-state index in [9.17, 15) is 4.79 Å². The zero-order valence-corrected chi connectivity index (χ0v) is 8.31. The number of hydrogen-bond acceptors (Lipinski definition) is 3. The van der Waals surface area contributed by atoms with Gasteiger partial charge in [0.1, 0.15) is 0 Å². The number of thiophene rings is 1. The predicted molar refractivity (Wildman–Crippen MR) is 54.4 cm³/mol. The van der Waals surface area contributed by atoms with Gasteiger partial charge in [0, 0.05) is 12.4 Å². The molecule has 0 aromatic carbocycles. The molecule has 66 valence electrons. The van der Waals surface area contributed by atoms with Crippen molar-refractivity contribution in [2.75, 3.05) is 0 Å². The van der Waals surface area contributed by atoms with Gasteiger partial charge in [0.2, 0.25) is 0 Å². The van der Waals surface area contributed by atoms with E-state index < -0.39 is 0 Å². The van der Waals surface area contributed by atoms with Crippen molar-refractivity contribution in [2.45, 2.75) is 13.8 Å². The molecule has 0 aliphatic heterocycles. The highest BCUT2D eigenvalue weighted by molar-refractivity contribution is 7.20. The molecular weight excluding hydrogens is 182 g/mol. The SMILES string of the molecule is CC(=O)c1cc2c(C)cncc2s1. The third-order valence-electron chi connectivity index (χ3n) is 1.99. The summed E-state index contributed by atoms with van der Waals surface area (Å²) in [6.07, 6.45) is 3.62. The first-order valence-electron chi connectivity index (χ1n) is 4.03. The Labute approximate surface area is 80.2 Å². The molecular formula is C10H9NOS. The van der Waals surface area contributed by atoms with E-state index in [4.69, 9.17) is 0 Å². The fourth-order valence-electron chi connectivity index (χ4n) is 1.27. The minimum Gasteiger partial charge on any atom is -0.294 e. The highest BCUT2D eigenvalue weighted by atomic mass is 32.1. The highest BCUT2D eigenvalue weighted by Crippen LogP contribution is 2.27. The number of carbonyl (C=O) groups is 1. The van der Waals surface area contributed by atoms with Gasteiger partial charge in [-0.15, -0.1) is 11.3 Å². The number of pyridine rings is 1. The van der Waals surface area contributed by atoms with Crippen LogP contribution in [0.2, 0.25) is 0 Å². The number of fused-ring (bicyclic) bond motifs is 1. The van der Waals surface area contributed by atoms with Crippen LogP contribution in [0.1, 0.15) is 22.2 Å². The molecule has 2 rings (SSSR count). The minimum atomic E-state index is 0.126. The molecule has 0 unspecified atom stereocenters. The first-order chi connectivity index (χ1) is 6.18. The molecule has 0 aliphatic carbocycles. The summed E-state index contributed by atoms with van der Waals surface area (Å²) >= 11 is 1.51. The van der Waals surface area contributed by atoms with Gasteiger partial charge in [0.15, 0.2) is 5.78 Å². The fourth-order valence-corrected chi connectivity index (χ4v) is 2.27. The third-order valence-corrected chi connectivity index (χ3v) is 3.16. The van der Waals surface area contributed by atoms with E-state index in [0.717, 1.165) is 20.5 Å². The summed E-state index contributed by atoms with van der Waals surface area (Å²) < 4.78 is 1.09. The van der Waals surface area contributed by atoms with Crippen LogP contribution in [0.5, 0.6) is 0 Å². The molecule has 3 heteroatoms. The predicted octanol–water partition coefficient (Wildman–Crippen LogP) is 2.81. The van der Waals surface area contributed by atoms with Gasteiger partial charge in [-0.3, -0.25) is 9.78 Å². The lowest BCUT2D eigenvalue weighted by atomic mass is 10.2. The average molecular weight is 191 g/mol. The third kappa shape index (κ3) is 1.35. The summed E-state index contributed by atoms with van der Waals surface area (Å²) in [7, 11) is 0. The quantitative estimate of drug-likeness (QED) is 0.649. The van der Waals surface area contributed by atoms with E-state index in [1.807, 2.05) is 19.2 Å². The largest absolute Gasteiger partial charge is 0.294 e. The lowest BCUT2D eigenvalue weighted by molar-refractivity contribution is 0.102. The summed E-state index contributed by atoms with van der Waals surface area (Å²) in [5.74, 6) is 0.126. The number of Topliss-reactive ketones (excluding diaryl/α,β-unsaturated/α-hetero) is 1. The van der Waals surface area contributed by atoms with Gasteiger partial charge < -0.3 is 0 Å². The number of aromatic nitrogens is 1. The van der Waals surface area contributed by atoms with E-state index in [-0.39, 0.29) is 5.78 Å². The van der Waals surface area contributed by atoms with Gasteiger partial charge in [-0.2, -0.15) is 0 Å². The zero-order chi connectivity index (χ0) is 9.42. The first kappa shape index (κ1) is 8.38. The van der Waals surface area contributed by atoms with E-state index in [0.29, 0.717) is 0 Å². The Kier molecular flexibility index (Phi) is 1.88. The highest BCUT2D eigenvalue weighted by Gasteiger charge is 2.06. The summed E-state index contributed by atoms with van der Waals surface area (Å²) in [4.78, 5) is 16.0. The van der Waals surface area contributed by atoms with Crippen LogP contribution in [0.3, 0.4) is 0 Å². The van der Waals surface area contributed by atoms with Crippen LogP contribution >= 0.6 is 11.3 Å². The van der Waals surface area contributed by atoms with Crippen LogP contribution in [0.15, 0.2) is 18.5 Å². The van der Waals surface area contributed by atoms with Crippen molar-refractivity contribution in [1.29, 1.82) is 0 Å². The minimum absolute atomic E-state index is 0.126. The van der Waals surface area contributed by atoms with Crippen LogP contribution < -0.4 is 0 Å². The molecule has 0 fully saturated rings. The Morgan fingerprint density at radius 2 is 2.23 bits per heavy atom.